The molecule has 0 unspecified atom stereocenters. The van der Waals surface area contributed by atoms with Crippen molar-refractivity contribution in [1.29, 1.82) is 0 Å². The Bertz CT molecular complexity index is 299. The molecule has 1 fully saturated rings. The predicted molar refractivity (Wildman–Crippen MR) is 110 cm³/mol. The number of hydrogen-bond acceptors (Lipinski definition) is 7. The molecule has 166 valence electrons. The van der Waals surface area contributed by atoms with Gasteiger partial charge in [0.2, 0.25) is 0 Å². The van der Waals surface area contributed by atoms with Crippen LogP contribution in [0.25, 0.3) is 0 Å². The van der Waals surface area contributed by atoms with Gasteiger partial charge in [0.05, 0.1) is 13.2 Å². The molecule has 0 N–H and O–H groups in total. The number of carbonyl (C=O) groups excluding carboxylic acids is 1. The Morgan fingerprint density at radius 1 is 0.862 bits per heavy atom. The molecule has 0 radical (unpaired) electrons. The third-order valence-corrected chi connectivity index (χ3v) is 4.27. The molecule has 0 aromatic heterocycles. The minimum absolute atomic E-state index is 0. The first-order chi connectivity index (χ1) is 12.6. The molecule has 9 heteroatoms. The number of hydrogen-bond donors (Lipinski definition) is 0. The van der Waals surface area contributed by atoms with Crippen LogP contribution in [0.1, 0.15) is 55.4 Å². The van der Waals surface area contributed by atoms with Crippen molar-refractivity contribution >= 4 is 6.16 Å². The van der Waals surface area contributed by atoms with E-state index in [0.29, 0.717) is 12.1 Å². The van der Waals surface area contributed by atoms with Crippen molar-refractivity contribution in [2.24, 2.45) is 0 Å². The van der Waals surface area contributed by atoms with Gasteiger partial charge in [-0.3, -0.25) is 4.90 Å². The van der Waals surface area contributed by atoms with Gasteiger partial charge in [-0.1, -0.05) is 27.7 Å². The Morgan fingerprint density at radius 3 is 1.24 bits per heavy atom. The van der Waals surface area contributed by atoms with Crippen molar-refractivity contribution in [2.45, 2.75) is 67.5 Å². The van der Waals surface area contributed by atoms with Gasteiger partial charge < -0.3 is 29.5 Å². The molecule has 1 rings (SSSR count). The number of rotatable bonds is 6. The van der Waals surface area contributed by atoms with Gasteiger partial charge in [0.25, 0.3) is 0 Å². The van der Waals surface area contributed by atoms with E-state index in [1.807, 2.05) is 0 Å². The summed E-state index contributed by atoms with van der Waals surface area (Å²) in [5.74, 6) is 0. The van der Waals surface area contributed by atoms with Gasteiger partial charge in [-0.15, -0.1) is 0 Å². The molecule has 0 atom stereocenters. The maximum atomic E-state index is 8.33. The monoisotopic (exact) mass is 437 g/mol. The van der Waals surface area contributed by atoms with E-state index in [4.69, 9.17) is 19.7 Å². The van der Waals surface area contributed by atoms with Crippen LogP contribution >= 0.6 is 0 Å². The minimum Gasteiger partial charge on any atom is -0.652 e. The molecule has 0 amide bonds. The van der Waals surface area contributed by atoms with Gasteiger partial charge in [-0.25, -0.2) is 0 Å². The van der Waals surface area contributed by atoms with E-state index < -0.39 is 6.16 Å². The summed E-state index contributed by atoms with van der Waals surface area (Å²) in [5, 5.41) is 16.7. The van der Waals surface area contributed by atoms with Crippen LogP contribution in [0.4, 0.5) is 4.79 Å². The van der Waals surface area contributed by atoms with Crippen LogP contribution in [0.5, 0.6) is 0 Å². The Hall–Kier alpha value is 1.11. The van der Waals surface area contributed by atoms with Gasteiger partial charge >= 0.3 is 59.1 Å². The van der Waals surface area contributed by atoms with Crippen molar-refractivity contribution in [3.63, 3.8) is 0 Å². The quantitative estimate of drug-likeness (QED) is 0.385. The van der Waals surface area contributed by atoms with Crippen molar-refractivity contribution in [2.75, 3.05) is 59.5 Å². The molecule has 0 spiro atoms. The van der Waals surface area contributed by atoms with Gasteiger partial charge in [0, 0.05) is 25.2 Å². The molecule has 1 aliphatic rings. The maximum Gasteiger partial charge on any atom is 1.00 e. The van der Waals surface area contributed by atoms with Crippen molar-refractivity contribution in [3.05, 3.63) is 0 Å². The zero-order valence-corrected chi connectivity index (χ0v) is 25.3. The Labute approximate surface area is 225 Å². The van der Waals surface area contributed by atoms with Crippen molar-refractivity contribution < 1.29 is 78.9 Å². The third-order valence-electron chi connectivity index (χ3n) is 4.27. The van der Waals surface area contributed by atoms with Crippen LogP contribution in [-0.2, 0) is 4.74 Å². The second-order valence-electron chi connectivity index (χ2n) is 6.80. The molecule has 0 aromatic carbocycles. The summed E-state index contributed by atoms with van der Waals surface area (Å²) in [7, 11) is 2.11. The molecule has 29 heavy (non-hydrogen) atoms. The molecule has 0 aliphatic carbocycles. The van der Waals surface area contributed by atoms with E-state index in [1.54, 1.807) is 0 Å². The summed E-state index contributed by atoms with van der Waals surface area (Å²) in [6, 6.07) is 1.38. The second kappa shape index (κ2) is 29.1. The number of morpholine rings is 1. The molecule has 0 bridgehead atoms. The molecular weight excluding hydrogens is 392 g/mol. The molecule has 0 aromatic rings. The van der Waals surface area contributed by atoms with Crippen LogP contribution in [0.3, 0.4) is 0 Å². The molecular formula is C20H45N3Na2O4. The van der Waals surface area contributed by atoms with Crippen LogP contribution in [-0.4, -0.2) is 92.5 Å². The van der Waals surface area contributed by atoms with Crippen LogP contribution in [0.2, 0.25) is 0 Å². The summed E-state index contributed by atoms with van der Waals surface area (Å²) in [4.78, 5) is 15.4. The van der Waals surface area contributed by atoms with Gasteiger partial charge in [0.1, 0.15) is 0 Å². The number of ether oxygens (including phenoxy) is 1. The summed E-state index contributed by atoms with van der Waals surface area (Å²) in [6.07, 6.45) is -2.33. The fourth-order valence-electron chi connectivity index (χ4n) is 2.65. The van der Waals surface area contributed by atoms with Crippen molar-refractivity contribution in [3.8, 4) is 0 Å². The summed E-state index contributed by atoms with van der Waals surface area (Å²) >= 11 is 0. The number of likely N-dealkylation sites (N-methyl/N-ethyl adjacent to an activating group) is 1. The average Bonchev–Trinajstić information content (AvgIpc) is 2.57. The Morgan fingerprint density at radius 2 is 1.17 bits per heavy atom. The standard InChI is InChI=1S/C8H19N.C6H15N.C5H11NO.CH2O3.2Na/c1-6-9(7(2)3)8(4)5;1-4-7(5-2)6-3;1-6-2-4-7-5-3-6;2-1(3)4;;/h7-8H,6H2,1-5H3;4-6H2,1-3H3;2-5H2,1H3;(H2,2,3,4);;/q;;;;2*+1/p-2. The molecule has 0 saturated carbocycles. The third kappa shape index (κ3) is 33.9. The smallest absolute Gasteiger partial charge is 0.652 e. The fourth-order valence-corrected chi connectivity index (χ4v) is 2.65. The van der Waals surface area contributed by atoms with Crippen LogP contribution in [0.15, 0.2) is 0 Å². The van der Waals surface area contributed by atoms with Gasteiger partial charge in [0.15, 0.2) is 0 Å². The molecule has 1 heterocycles. The zero-order valence-electron chi connectivity index (χ0n) is 21.3. The van der Waals surface area contributed by atoms with E-state index in [1.165, 1.54) is 19.6 Å². The second-order valence-corrected chi connectivity index (χ2v) is 6.80. The SMILES string of the molecule is CCN(C(C)C)C(C)C.CCN(CC)CC.CN1CCOCC1.O=C([O-])[O-].[Na+].[Na+]. The normalized spacial score (nSPS) is 13.1. The molecule has 1 aliphatic heterocycles. The topological polar surface area (TPSA) is 82.1 Å². The molecule has 7 nitrogen and oxygen atoms in total. The van der Waals surface area contributed by atoms with E-state index in [-0.39, 0.29) is 59.1 Å². The minimum atomic E-state index is -2.33. The van der Waals surface area contributed by atoms with E-state index >= 15 is 0 Å². The van der Waals surface area contributed by atoms with E-state index in [0.717, 1.165) is 32.8 Å². The Kier molecular flexibility index (Phi) is 40.6. The predicted octanol–water partition coefficient (Wildman–Crippen LogP) is -5.02. The maximum absolute atomic E-state index is 8.33. The first-order valence-electron chi connectivity index (χ1n) is 10.2. The van der Waals surface area contributed by atoms with Gasteiger partial charge in [-0.05, 0) is 67.1 Å². The van der Waals surface area contributed by atoms with Gasteiger partial charge in [-0.2, -0.15) is 0 Å². The average molecular weight is 438 g/mol. The number of carbonyl (C=O) groups is 1. The summed E-state index contributed by atoms with van der Waals surface area (Å²) in [6.45, 7) is 26.5. The zero-order chi connectivity index (χ0) is 21.8. The number of carboxylic acid groups (broad SMARTS) is 2. The summed E-state index contributed by atoms with van der Waals surface area (Å²) in [5.41, 5.74) is 0. The van der Waals surface area contributed by atoms with Crippen LogP contribution < -0.4 is 69.3 Å². The first kappa shape index (κ1) is 40.5. The van der Waals surface area contributed by atoms with Crippen LogP contribution in [0, 0.1) is 0 Å². The number of nitrogens with zero attached hydrogens (tertiary/aromatic N) is 3. The van der Waals surface area contributed by atoms with E-state index in [2.05, 4.69) is 77.1 Å². The Balaban J connectivity index is -0.0000000889. The van der Waals surface area contributed by atoms with Crippen molar-refractivity contribution in [1.82, 2.24) is 14.7 Å². The fraction of sp³-hybridized carbons (Fsp3) is 0.950. The first-order valence-corrected chi connectivity index (χ1v) is 10.2. The molecule has 1 saturated heterocycles. The van der Waals surface area contributed by atoms with E-state index in [9.17, 15) is 0 Å². The summed E-state index contributed by atoms with van der Waals surface area (Å²) < 4.78 is 5.10. The largest absolute Gasteiger partial charge is 1.00 e.